The Morgan fingerprint density at radius 1 is 1.35 bits per heavy atom. The van der Waals surface area contributed by atoms with Crippen LogP contribution in [0.3, 0.4) is 0 Å². The maximum absolute atomic E-state index is 11.6. The van der Waals surface area contributed by atoms with Gasteiger partial charge in [0.15, 0.2) is 11.4 Å². The van der Waals surface area contributed by atoms with Gasteiger partial charge in [-0.3, -0.25) is 4.79 Å². The van der Waals surface area contributed by atoms with Crippen molar-refractivity contribution in [1.82, 2.24) is 0 Å². The predicted octanol–water partition coefficient (Wildman–Crippen LogP) is -1.41. The van der Waals surface area contributed by atoms with Crippen LogP contribution in [0.15, 0.2) is 0 Å². The van der Waals surface area contributed by atoms with Crippen LogP contribution in [0, 0.1) is 0 Å². The van der Waals surface area contributed by atoms with Crippen molar-refractivity contribution < 1.29 is 31.3 Å². The van der Waals surface area contributed by atoms with E-state index in [-0.39, 0.29) is 0 Å². The molecule has 0 aliphatic carbocycles. The van der Waals surface area contributed by atoms with E-state index in [9.17, 15) is 25.2 Å². The number of ketones is 1. The van der Waals surface area contributed by atoms with Gasteiger partial charge in [0.2, 0.25) is 0 Å². The van der Waals surface area contributed by atoms with E-state index in [4.69, 9.17) is 6.11 Å². The number of aliphatic hydroxyl groups is 4. The number of ether oxygens (including phenoxy) is 1. The SMILES string of the molecule is [2H]C(C)(O)[C@H]1O[C@H](C(C)O)[C@](O)(C(C)=O)[C@]1(C)O. The van der Waals surface area contributed by atoms with Gasteiger partial charge in [-0.1, -0.05) is 0 Å². The van der Waals surface area contributed by atoms with Crippen LogP contribution < -0.4 is 0 Å². The average Bonchev–Trinajstić information content (AvgIpc) is 2.35. The van der Waals surface area contributed by atoms with Gasteiger partial charge < -0.3 is 25.2 Å². The Morgan fingerprint density at radius 2 is 1.82 bits per heavy atom. The second-order valence-corrected chi connectivity index (χ2v) is 4.79. The molecule has 6 atom stereocenters. The molecule has 0 amide bonds. The highest BCUT2D eigenvalue weighted by Crippen LogP contribution is 2.43. The second kappa shape index (κ2) is 4.29. The third kappa shape index (κ3) is 1.90. The molecule has 2 unspecified atom stereocenters. The summed E-state index contributed by atoms with van der Waals surface area (Å²) < 4.78 is 12.7. The van der Waals surface area contributed by atoms with Gasteiger partial charge in [-0.25, -0.2) is 0 Å². The number of carbonyl (C=O) groups excluding carboxylic acids is 1. The van der Waals surface area contributed by atoms with E-state index in [0.717, 1.165) is 20.8 Å². The van der Waals surface area contributed by atoms with Gasteiger partial charge in [0, 0.05) is 0 Å². The molecule has 1 heterocycles. The predicted molar refractivity (Wildman–Crippen MR) is 58.3 cm³/mol. The summed E-state index contributed by atoms with van der Waals surface area (Å²) in [5.41, 5.74) is -4.57. The highest BCUT2D eigenvalue weighted by atomic mass is 16.6. The largest absolute Gasteiger partial charge is 0.391 e. The van der Waals surface area contributed by atoms with Gasteiger partial charge in [-0.15, -0.1) is 0 Å². The Hall–Kier alpha value is -0.530. The zero-order valence-electron chi connectivity index (χ0n) is 11.3. The third-order valence-electron chi connectivity index (χ3n) is 3.33. The molecule has 0 aromatic rings. The molecule has 1 rings (SSSR count). The van der Waals surface area contributed by atoms with Crippen LogP contribution in [-0.2, 0) is 9.53 Å². The zero-order chi connectivity index (χ0) is 14.5. The molecule has 0 bridgehead atoms. The average molecular weight is 249 g/mol. The quantitative estimate of drug-likeness (QED) is 0.489. The second-order valence-electron chi connectivity index (χ2n) is 4.79. The molecule has 6 heteroatoms. The zero-order valence-corrected chi connectivity index (χ0v) is 10.3. The van der Waals surface area contributed by atoms with E-state index in [1.807, 2.05) is 0 Å². The number of hydrogen-bond acceptors (Lipinski definition) is 6. The Labute approximate surface area is 101 Å². The molecule has 100 valence electrons. The summed E-state index contributed by atoms with van der Waals surface area (Å²) in [6, 6.07) is 0. The molecule has 1 aliphatic rings. The van der Waals surface area contributed by atoms with Crippen molar-refractivity contribution >= 4 is 5.78 Å². The Bertz CT molecular complexity index is 348. The van der Waals surface area contributed by atoms with E-state index in [0.29, 0.717) is 0 Å². The van der Waals surface area contributed by atoms with Gasteiger partial charge in [-0.05, 0) is 27.7 Å². The minimum Gasteiger partial charge on any atom is -0.391 e. The molecular weight excluding hydrogens is 228 g/mol. The number of rotatable bonds is 3. The summed E-state index contributed by atoms with van der Waals surface area (Å²) >= 11 is 0. The van der Waals surface area contributed by atoms with Crippen LogP contribution in [0.1, 0.15) is 29.1 Å². The van der Waals surface area contributed by atoms with Crippen LogP contribution in [0.5, 0.6) is 0 Å². The topological polar surface area (TPSA) is 107 Å². The van der Waals surface area contributed by atoms with Crippen LogP contribution in [0.2, 0.25) is 0 Å². The molecule has 0 saturated carbocycles. The smallest absolute Gasteiger partial charge is 0.182 e. The minimum atomic E-state index is -2.38. The Balaban J connectivity index is 3.34. The lowest BCUT2D eigenvalue weighted by Crippen LogP contribution is -2.64. The lowest BCUT2D eigenvalue weighted by molar-refractivity contribution is -0.172. The summed E-state index contributed by atoms with van der Waals surface area (Å²) in [4.78, 5) is 11.6. The highest BCUT2D eigenvalue weighted by Gasteiger charge is 2.67. The molecule has 17 heavy (non-hydrogen) atoms. The number of aliphatic hydroxyl groups excluding tert-OH is 1. The first-order valence-electron chi connectivity index (χ1n) is 5.88. The van der Waals surface area contributed by atoms with Crippen molar-refractivity contribution in [3.63, 3.8) is 0 Å². The molecule has 6 nitrogen and oxygen atoms in total. The molecule has 1 fully saturated rings. The monoisotopic (exact) mass is 249 g/mol. The van der Waals surface area contributed by atoms with E-state index in [1.54, 1.807) is 0 Å². The van der Waals surface area contributed by atoms with Gasteiger partial charge in [0.25, 0.3) is 0 Å². The summed E-state index contributed by atoms with van der Waals surface area (Å²) in [7, 11) is 0. The van der Waals surface area contributed by atoms with Crippen molar-refractivity contribution in [2.24, 2.45) is 0 Å². The third-order valence-corrected chi connectivity index (χ3v) is 3.33. The number of carbonyl (C=O) groups is 1. The fourth-order valence-electron chi connectivity index (χ4n) is 2.39. The molecule has 1 aliphatic heterocycles. The molecule has 0 spiro atoms. The van der Waals surface area contributed by atoms with E-state index < -0.39 is 41.4 Å². The van der Waals surface area contributed by atoms with Crippen molar-refractivity contribution in [3.8, 4) is 0 Å². The maximum Gasteiger partial charge on any atom is 0.182 e. The van der Waals surface area contributed by atoms with Gasteiger partial charge in [0.05, 0.1) is 13.6 Å². The molecule has 0 radical (unpaired) electrons. The summed E-state index contributed by atoms with van der Waals surface area (Å²) in [6.07, 6.45) is -6.42. The van der Waals surface area contributed by atoms with Crippen molar-refractivity contribution in [2.75, 3.05) is 0 Å². The first kappa shape index (κ1) is 12.9. The summed E-state index contributed by atoms with van der Waals surface area (Å²) in [6.45, 7) is 4.51. The fourth-order valence-corrected chi connectivity index (χ4v) is 2.39. The first-order chi connectivity index (χ1) is 7.86. The highest BCUT2D eigenvalue weighted by molar-refractivity contribution is 5.87. The first-order valence-corrected chi connectivity index (χ1v) is 5.38. The van der Waals surface area contributed by atoms with E-state index >= 15 is 0 Å². The van der Waals surface area contributed by atoms with Crippen molar-refractivity contribution in [1.29, 1.82) is 0 Å². The Morgan fingerprint density at radius 3 is 2.06 bits per heavy atom. The van der Waals surface area contributed by atoms with Crippen molar-refractivity contribution in [3.05, 3.63) is 0 Å². The van der Waals surface area contributed by atoms with Crippen LogP contribution in [-0.4, -0.2) is 61.8 Å². The molecule has 1 saturated heterocycles. The fraction of sp³-hybridized carbons (Fsp3) is 0.909. The molecule has 0 aromatic carbocycles. The normalized spacial score (nSPS) is 48.4. The van der Waals surface area contributed by atoms with Crippen LogP contribution >= 0.6 is 0 Å². The van der Waals surface area contributed by atoms with Crippen molar-refractivity contribution in [2.45, 2.75) is 63.3 Å². The van der Waals surface area contributed by atoms with E-state index in [1.165, 1.54) is 6.92 Å². The summed E-state index contributed by atoms with van der Waals surface area (Å²) in [5.74, 6) is -0.801. The molecule has 4 N–H and O–H groups in total. The summed E-state index contributed by atoms with van der Waals surface area (Å²) in [5, 5.41) is 39.9. The number of hydrogen-bond donors (Lipinski definition) is 4. The lowest BCUT2D eigenvalue weighted by atomic mass is 9.74. The van der Waals surface area contributed by atoms with Crippen LogP contribution in [0.4, 0.5) is 0 Å². The Kier molecular flexibility index (Phi) is 3.26. The number of Topliss-reactive ketones (excluding diaryl/α,β-unsaturated/α-hetero) is 1. The van der Waals surface area contributed by atoms with Gasteiger partial charge in [0.1, 0.15) is 17.8 Å². The molecule has 0 aromatic heterocycles. The van der Waals surface area contributed by atoms with E-state index in [2.05, 4.69) is 0 Å². The minimum absolute atomic E-state index is 0.801. The molecular formula is C11H20O6. The standard InChI is InChI=1S/C11H20O6/c1-5(12)8-10(4,15)11(16,7(3)14)9(17-8)6(2)13/h5-6,8-9,12-13,15-16H,1-4H3/t5?,6?,8-,9-,10-,11-/m1/s1/i5D. The lowest BCUT2D eigenvalue weighted by Gasteiger charge is -2.37. The van der Waals surface area contributed by atoms with Crippen LogP contribution in [0.25, 0.3) is 0 Å². The van der Waals surface area contributed by atoms with Gasteiger partial charge in [-0.2, -0.15) is 0 Å². The maximum atomic E-state index is 11.6. The van der Waals surface area contributed by atoms with Gasteiger partial charge >= 0.3 is 0 Å².